The van der Waals surface area contributed by atoms with Gasteiger partial charge < -0.3 is 9.80 Å². The molecular weight excluding hydrogens is 203 g/mol. The molecule has 1 aromatic rings. The summed E-state index contributed by atoms with van der Waals surface area (Å²) in [5.41, 5.74) is 1.76. The van der Waals surface area contributed by atoms with Crippen LogP contribution in [0.15, 0.2) is 18.2 Å². The molecule has 0 N–H and O–H groups in total. The minimum atomic E-state index is -0.114. The number of para-hydroxylation sites is 1. The van der Waals surface area contributed by atoms with Crippen molar-refractivity contribution < 1.29 is 4.39 Å². The van der Waals surface area contributed by atoms with E-state index in [1.807, 2.05) is 20.0 Å². The molecule has 1 atom stereocenters. The Bertz CT molecular complexity index is 358. The number of likely N-dealkylation sites (N-methyl/N-ethyl adjacent to an activating group) is 2. The Kier molecular flexibility index (Phi) is 3.15. The first-order valence-electron chi connectivity index (χ1n) is 5.76. The van der Waals surface area contributed by atoms with Crippen LogP contribution in [0.4, 0.5) is 10.1 Å². The highest BCUT2D eigenvalue weighted by Gasteiger charge is 2.25. The third-order valence-electron chi connectivity index (χ3n) is 3.46. The minimum absolute atomic E-state index is 0.114. The van der Waals surface area contributed by atoms with Crippen LogP contribution in [0.25, 0.3) is 0 Å². The Morgan fingerprint density at radius 1 is 1.44 bits per heavy atom. The fourth-order valence-electron chi connectivity index (χ4n) is 2.48. The lowest BCUT2D eigenvalue weighted by Gasteiger charge is -2.28. The second kappa shape index (κ2) is 4.42. The van der Waals surface area contributed by atoms with E-state index in [4.69, 9.17) is 0 Å². The molecule has 0 bridgehead atoms. The first kappa shape index (κ1) is 11.4. The van der Waals surface area contributed by atoms with Crippen LogP contribution in [0.3, 0.4) is 0 Å². The average molecular weight is 222 g/mol. The maximum absolute atomic E-state index is 13.8. The molecule has 0 spiro atoms. The van der Waals surface area contributed by atoms with E-state index in [1.165, 1.54) is 6.07 Å². The van der Waals surface area contributed by atoms with Crippen LogP contribution in [0.2, 0.25) is 0 Å². The number of hydrogen-bond donors (Lipinski definition) is 0. The van der Waals surface area contributed by atoms with Gasteiger partial charge >= 0.3 is 0 Å². The second-order valence-corrected chi connectivity index (χ2v) is 4.72. The monoisotopic (exact) mass is 222 g/mol. The van der Waals surface area contributed by atoms with Crippen molar-refractivity contribution in [1.29, 1.82) is 0 Å². The lowest BCUT2D eigenvalue weighted by molar-refractivity contribution is 0.409. The Balaban J connectivity index is 2.23. The quantitative estimate of drug-likeness (QED) is 0.757. The van der Waals surface area contributed by atoms with Gasteiger partial charge in [-0.05, 0) is 38.6 Å². The average Bonchev–Trinajstić information content (AvgIpc) is 2.64. The number of likely N-dealkylation sites (tertiary alicyclic amines) is 1. The minimum Gasteiger partial charge on any atom is -0.368 e. The number of rotatable bonds is 2. The molecule has 2 nitrogen and oxygen atoms in total. The van der Waals surface area contributed by atoms with Gasteiger partial charge in [0.2, 0.25) is 0 Å². The molecule has 1 saturated heterocycles. The molecule has 2 rings (SSSR count). The molecule has 1 heterocycles. The summed E-state index contributed by atoms with van der Waals surface area (Å²) in [5.74, 6) is -0.114. The summed E-state index contributed by atoms with van der Waals surface area (Å²) >= 11 is 0. The Morgan fingerprint density at radius 2 is 2.19 bits per heavy atom. The molecule has 1 aromatic carbocycles. The molecule has 16 heavy (non-hydrogen) atoms. The van der Waals surface area contributed by atoms with Crippen LogP contribution in [0.5, 0.6) is 0 Å². The molecule has 1 unspecified atom stereocenters. The van der Waals surface area contributed by atoms with Gasteiger partial charge in [-0.15, -0.1) is 0 Å². The van der Waals surface area contributed by atoms with Gasteiger partial charge in [0.15, 0.2) is 0 Å². The second-order valence-electron chi connectivity index (χ2n) is 4.72. The number of halogens is 1. The summed E-state index contributed by atoms with van der Waals surface area (Å²) in [5, 5.41) is 0. The number of nitrogens with zero attached hydrogens (tertiary/aromatic N) is 2. The molecule has 0 amide bonds. The lowest BCUT2D eigenvalue weighted by Crippen LogP contribution is -2.34. The van der Waals surface area contributed by atoms with Gasteiger partial charge in [-0.2, -0.15) is 0 Å². The summed E-state index contributed by atoms with van der Waals surface area (Å²) in [4.78, 5) is 4.38. The fourth-order valence-corrected chi connectivity index (χ4v) is 2.48. The Labute approximate surface area is 96.7 Å². The number of benzene rings is 1. The van der Waals surface area contributed by atoms with Gasteiger partial charge in [0.25, 0.3) is 0 Å². The van der Waals surface area contributed by atoms with Crippen molar-refractivity contribution in [3.05, 3.63) is 29.6 Å². The van der Waals surface area contributed by atoms with E-state index in [-0.39, 0.29) is 5.82 Å². The molecule has 0 aliphatic carbocycles. The zero-order valence-electron chi connectivity index (χ0n) is 10.2. The van der Waals surface area contributed by atoms with Gasteiger partial charge in [0.05, 0.1) is 5.69 Å². The molecule has 0 radical (unpaired) electrons. The highest BCUT2D eigenvalue weighted by Crippen LogP contribution is 2.27. The van der Waals surface area contributed by atoms with E-state index >= 15 is 0 Å². The van der Waals surface area contributed by atoms with Crippen molar-refractivity contribution in [2.45, 2.75) is 19.4 Å². The van der Waals surface area contributed by atoms with Crippen molar-refractivity contribution in [1.82, 2.24) is 4.90 Å². The molecule has 1 aliphatic rings. The zero-order valence-corrected chi connectivity index (χ0v) is 10.2. The SMILES string of the molecule is Cc1cccc(F)c1N(C)C1CCN(C)C1. The highest BCUT2D eigenvalue weighted by atomic mass is 19.1. The molecule has 3 heteroatoms. The number of hydrogen-bond acceptors (Lipinski definition) is 2. The van der Waals surface area contributed by atoms with Crippen LogP contribution in [0.1, 0.15) is 12.0 Å². The van der Waals surface area contributed by atoms with E-state index in [1.54, 1.807) is 6.07 Å². The van der Waals surface area contributed by atoms with E-state index in [0.717, 1.165) is 30.8 Å². The summed E-state index contributed by atoms with van der Waals surface area (Å²) in [6.07, 6.45) is 1.11. The molecule has 88 valence electrons. The first-order chi connectivity index (χ1) is 7.59. The molecule has 1 aliphatic heterocycles. The zero-order chi connectivity index (χ0) is 11.7. The standard InChI is InChI=1S/C13H19FN2/c1-10-5-4-6-12(14)13(10)16(3)11-7-8-15(2)9-11/h4-6,11H,7-9H2,1-3H3. The molecule has 0 aromatic heterocycles. The van der Waals surface area contributed by atoms with Gasteiger partial charge in [-0.3, -0.25) is 0 Å². The predicted molar refractivity (Wildman–Crippen MR) is 65.4 cm³/mol. The van der Waals surface area contributed by atoms with Crippen LogP contribution < -0.4 is 4.90 Å². The van der Waals surface area contributed by atoms with Crippen LogP contribution in [0, 0.1) is 12.7 Å². The number of anilines is 1. The molecular formula is C13H19FN2. The summed E-state index contributed by atoms with van der Waals surface area (Å²) in [6.45, 7) is 4.08. The number of aryl methyl sites for hydroxylation is 1. The summed E-state index contributed by atoms with van der Waals surface area (Å²) < 4.78 is 13.8. The van der Waals surface area contributed by atoms with Gasteiger partial charge in [0, 0.05) is 19.6 Å². The maximum Gasteiger partial charge on any atom is 0.146 e. The first-order valence-corrected chi connectivity index (χ1v) is 5.76. The third kappa shape index (κ3) is 2.05. The Morgan fingerprint density at radius 3 is 2.75 bits per heavy atom. The maximum atomic E-state index is 13.8. The van der Waals surface area contributed by atoms with Crippen molar-refractivity contribution >= 4 is 5.69 Å². The highest BCUT2D eigenvalue weighted by molar-refractivity contribution is 5.54. The third-order valence-corrected chi connectivity index (χ3v) is 3.46. The van der Waals surface area contributed by atoms with Crippen LogP contribution in [-0.4, -0.2) is 38.1 Å². The van der Waals surface area contributed by atoms with E-state index in [0.29, 0.717) is 6.04 Å². The van der Waals surface area contributed by atoms with Crippen LogP contribution >= 0.6 is 0 Å². The van der Waals surface area contributed by atoms with E-state index in [9.17, 15) is 4.39 Å². The van der Waals surface area contributed by atoms with Crippen molar-refractivity contribution in [3.8, 4) is 0 Å². The Hall–Kier alpha value is -1.09. The fraction of sp³-hybridized carbons (Fsp3) is 0.538. The largest absolute Gasteiger partial charge is 0.368 e. The topological polar surface area (TPSA) is 6.48 Å². The normalized spacial score (nSPS) is 21.4. The molecule has 1 fully saturated rings. The van der Waals surface area contributed by atoms with Gasteiger partial charge in [0.1, 0.15) is 5.82 Å². The van der Waals surface area contributed by atoms with E-state index in [2.05, 4.69) is 16.8 Å². The van der Waals surface area contributed by atoms with Gasteiger partial charge in [-0.25, -0.2) is 4.39 Å². The summed E-state index contributed by atoms with van der Waals surface area (Å²) in [7, 11) is 4.11. The van der Waals surface area contributed by atoms with Crippen LogP contribution in [-0.2, 0) is 0 Å². The smallest absolute Gasteiger partial charge is 0.146 e. The van der Waals surface area contributed by atoms with E-state index < -0.39 is 0 Å². The summed E-state index contributed by atoms with van der Waals surface area (Å²) in [6, 6.07) is 5.70. The van der Waals surface area contributed by atoms with Gasteiger partial charge in [-0.1, -0.05) is 12.1 Å². The molecule has 0 saturated carbocycles. The lowest BCUT2D eigenvalue weighted by atomic mass is 10.1. The van der Waals surface area contributed by atoms with Crippen molar-refractivity contribution in [3.63, 3.8) is 0 Å². The predicted octanol–water partition coefficient (Wildman–Crippen LogP) is 2.27. The van der Waals surface area contributed by atoms with Crippen molar-refractivity contribution in [2.75, 3.05) is 32.1 Å². The van der Waals surface area contributed by atoms with Crippen molar-refractivity contribution in [2.24, 2.45) is 0 Å².